The number of ether oxygens (including phenoxy) is 1. The Morgan fingerprint density at radius 1 is 1.00 bits per heavy atom. The summed E-state index contributed by atoms with van der Waals surface area (Å²) < 4.78 is 5.69. The Hall–Kier alpha value is -3.18. The van der Waals surface area contributed by atoms with Crippen LogP contribution in [0.25, 0.3) is 11.3 Å². The largest absolute Gasteiger partial charge is 0.492 e. The summed E-state index contributed by atoms with van der Waals surface area (Å²) in [5.74, 6) is 0.708. The van der Waals surface area contributed by atoms with Crippen LogP contribution in [0.5, 0.6) is 5.75 Å². The van der Waals surface area contributed by atoms with Crippen molar-refractivity contribution in [2.75, 3.05) is 27.2 Å². The molecule has 1 N–H and O–H groups in total. The van der Waals surface area contributed by atoms with Gasteiger partial charge in [-0.05, 0) is 50.8 Å². The third-order valence-corrected chi connectivity index (χ3v) is 4.58. The third-order valence-electron chi connectivity index (χ3n) is 4.58. The molecule has 0 aliphatic rings. The number of carbonyl (C=O) groups excluding carboxylic acids is 1. The second-order valence-electron chi connectivity index (χ2n) is 7.17. The topological polar surface area (TPSA) is 54.5 Å². The number of aromatic nitrogens is 1. The van der Waals surface area contributed by atoms with Gasteiger partial charge in [0.1, 0.15) is 12.4 Å². The molecule has 5 heteroatoms. The Kier molecular flexibility index (Phi) is 6.98. The molecular weight excluding hydrogens is 362 g/mol. The first-order valence-electron chi connectivity index (χ1n) is 9.70. The Labute approximate surface area is 172 Å². The van der Waals surface area contributed by atoms with Crippen molar-refractivity contribution in [3.8, 4) is 17.0 Å². The number of carbonyl (C=O) groups is 1. The number of nitrogens with zero attached hydrogens (tertiary/aromatic N) is 2. The van der Waals surface area contributed by atoms with Gasteiger partial charge in [0.2, 0.25) is 0 Å². The van der Waals surface area contributed by atoms with Gasteiger partial charge < -0.3 is 15.0 Å². The maximum atomic E-state index is 12.6. The monoisotopic (exact) mass is 389 g/mol. The Morgan fingerprint density at radius 2 is 1.72 bits per heavy atom. The average Bonchev–Trinajstić information content (AvgIpc) is 2.73. The molecule has 0 unspecified atom stereocenters. The van der Waals surface area contributed by atoms with Crippen LogP contribution in [0.4, 0.5) is 0 Å². The second kappa shape index (κ2) is 9.85. The van der Waals surface area contributed by atoms with Gasteiger partial charge in [-0.25, -0.2) is 0 Å². The maximum Gasteiger partial charge on any atom is 0.253 e. The lowest BCUT2D eigenvalue weighted by Gasteiger charge is -2.12. The van der Waals surface area contributed by atoms with Gasteiger partial charge in [-0.1, -0.05) is 42.5 Å². The van der Waals surface area contributed by atoms with E-state index in [2.05, 4.69) is 15.2 Å². The van der Waals surface area contributed by atoms with Crippen molar-refractivity contribution in [3.63, 3.8) is 0 Å². The molecule has 29 heavy (non-hydrogen) atoms. The normalized spacial score (nSPS) is 10.8. The molecule has 1 aromatic heterocycles. The van der Waals surface area contributed by atoms with E-state index >= 15 is 0 Å². The van der Waals surface area contributed by atoms with Crippen molar-refractivity contribution in [3.05, 3.63) is 83.6 Å². The Balaban J connectivity index is 1.56. The summed E-state index contributed by atoms with van der Waals surface area (Å²) >= 11 is 0. The van der Waals surface area contributed by atoms with Gasteiger partial charge in [-0.15, -0.1) is 0 Å². The van der Waals surface area contributed by atoms with Crippen LogP contribution in [0.2, 0.25) is 0 Å². The number of amides is 1. The summed E-state index contributed by atoms with van der Waals surface area (Å²) in [5.41, 5.74) is 4.23. The number of rotatable bonds is 8. The van der Waals surface area contributed by atoms with Gasteiger partial charge in [0.15, 0.2) is 0 Å². The first kappa shape index (κ1) is 20.6. The van der Waals surface area contributed by atoms with E-state index in [1.54, 1.807) is 0 Å². The van der Waals surface area contributed by atoms with Crippen LogP contribution in [-0.4, -0.2) is 43.0 Å². The van der Waals surface area contributed by atoms with Crippen LogP contribution in [0.15, 0.2) is 66.7 Å². The number of hydrogen-bond donors (Lipinski definition) is 1. The predicted molar refractivity (Wildman–Crippen MR) is 116 cm³/mol. The highest BCUT2D eigenvalue weighted by molar-refractivity contribution is 5.95. The molecule has 150 valence electrons. The molecular formula is C24H27N3O2. The van der Waals surface area contributed by atoms with Gasteiger partial charge in [0.25, 0.3) is 5.91 Å². The SMILES string of the molecule is Cc1nc(-c2ccccc2)ccc1C(=O)NCc1ccc(OCCN(C)C)cc1. The fraction of sp³-hybridized carbons (Fsp3) is 0.250. The molecule has 0 aliphatic carbocycles. The smallest absolute Gasteiger partial charge is 0.253 e. The highest BCUT2D eigenvalue weighted by atomic mass is 16.5. The van der Waals surface area contributed by atoms with E-state index in [0.29, 0.717) is 24.4 Å². The zero-order chi connectivity index (χ0) is 20.6. The van der Waals surface area contributed by atoms with Crippen LogP contribution in [-0.2, 0) is 6.54 Å². The summed E-state index contributed by atoms with van der Waals surface area (Å²) in [7, 11) is 4.03. The molecule has 2 aromatic carbocycles. The molecule has 3 rings (SSSR count). The summed E-state index contributed by atoms with van der Waals surface area (Å²) in [6, 6.07) is 21.5. The maximum absolute atomic E-state index is 12.6. The molecule has 0 bridgehead atoms. The van der Waals surface area contributed by atoms with Crippen molar-refractivity contribution in [2.24, 2.45) is 0 Å². The Morgan fingerprint density at radius 3 is 2.38 bits per heavy atom. The number of hydrogen-bond acceptors (Lipinski definition) is 4. The molecule has 0 atom stereocenters. The highest BCUT2D eigenvalue weighted by Gasteiger charge is 2.11. The third kappa shape index (κ3) is 5.90. The van der Waals surface area contributed by atoms with E-state index in [1.165, 1.54) is 0 Å². The van der Waals surface area contributed by atoms with Crippen LogP contribution in [0, 0.1) is 6.92 Å². The van der Waals surface area contributed by atoms with Crippen molar-refractivity contribution >= 4 is 5.91 Å². The fourth-order valence-corrected chi connectivity index (χ4v) is 2.90. The van der Waals surface area contributed by atoms with Gasteiger partial charge in [0, 0.05) is 18.7 Å². The standard InChI is InChI=1S/C24H27N3O2/c1-18-22(13-14-23(26-18)20-7-5-4-6-8-20)24(28)25-17-19-9-11-21(12-10-19)29-16-15-27(2)3/h4-14H,15-17H2,1-3H3,(H,25,28). The van der Waals surface area contributed by atoms with E-state index < -0.39 is 0 Å². The quantitative estimate of drug-likeness (QED) is 0.634. The molecule has 3 aromatic rings. The summed E-state index contributed by atoms with van der Waals surface area (Å²) in [5, 5.41) is 2.97. The van der Waals surface area contributed by atoms with Crippen LogP contribution in [0.1, 0.15) is 21.6 Å². The average molecular weight is 389 g/mol. The van der Waals surface area contributed by atoms with Crippen molar-refractivity contribution < 1.29 is 9.53 Å². The van der Waals surface area contributed by atoms with Gasteiger partial charge in [-0.3, -0.25) is 9.78 Å². The number of nitrogens with one attached hydrogen (secondary N) is 1. The van der Waals surface area contributed by atoms with Gasteiger partial charge in [0.05, 0.1) is 17.0 Å². The van der Waals surface area contributed by atoms with Crippen LogP contribution < -0.4 is 10.1 Å². The number of aryl methyl sites for hydroxylation is 1. The Bertz CT molecular complexity index is 938. The first-order chi connectivity index (χ1) is 14.0. The van der Waals surface area contributed by atoms with Crippen molar-refractivity contribution in [1.29, 1.82) is 0 Å². The summed E-state index contributed by atoms with van der Waals surface area (Å²) in [6.45, 7) is 3.83. The zero-order valence-corrected chi connectivity index (χ0v) is 17.2. The lowest BCUT2D eigenvalue weighted by atomic mass is 10.1. The predicted octanol–water partition coefficient (Wildman–Crippen LogP) is 3.93. The van der Waals surface area contributed by atoms with E-state index in [0.717, 1.165) is 29.1 Å². The summed E-state index contributed by atoms with van der Waals surface area (Å²) in [4.78, 5) is 19.2. The minimum atomic E-state index is -0.124. The van der Waals surface area contributed by atoms with Crippen LogP contribution >= 0.6 is 0 Å². The number of benzene rings is 2. The molecule has 0 fully saturated rings. The molecule has 1 amide bonds. The molecule has 0 aliphatic heterocycles. The fourth-order valence-electron chi connectivity index (χ4n) is 2.90. The van der Waals surface area contributed by atoms with Crippen molar-refractivity contribution in [1.82, 2.24) is 15.2 Å². The van der Waals surface area contributed by atoms with E-state index in [4.69, 9.17) is 4.74 Å². The lowest BCUT2D eigenvalue weighted by molar-refractivity contribution is 0.0950. The minimum Gasteiger partial charge on any atom is -0.492 e. The van der Waals surface area contributed by atoms with E-state index in [9.17, 15) is 4.79 Å². The molecule has 5 nitrogen and oxygen atoms in total. The van der Waals surface area contributed by atoms with E-state index in [-0.39, 0.29) is 5.91 Å². The molecule has 0 saturated heterocycles. The van der Waals surface area contributed by atoms with E-state index in [1.807, 2.05) is 87.7 Å². The number of pyridine rings is 1. The highest BCUT2D eigenvalue weighted by Crippen LogP contribution is 2.19. The summed E-state index contributed by atoms with van der Waals surface area (Å²) in [6.07, 6.45) is 0. The molecule has 1 heterocycles. The van der Waals surface area contributed by atoms with Gasteiger partial charge >= 0.3 is 0 Å². The lowest BCUT2D eigenvalue weighted by Crippen LogP contribution is -2.24. The minimum absolute atomic E-state index is 0.124. The zero-order valence-electron chi connectivity index (χ0n) is 17.2. The second-order valence-corrected chi connectivity index (χ2v) is 7.17. The molecule has 0 saturated carbocycles. The molecule has 0 spiro atoms. The van der Waals surface area contributed by atoms with Gasteiger partial charge in [-0.2, -0.15) is 0 Å². The first-order valence-corrected chi connectivity index (χ1v) is 9.70. The number of likely N-dealkylation sites (N-methyl/N-ethyl adjacent to an activating group) is 1. The van der Waals surface area contributed by atoms with Crippen LogP contribution in [0.3, 0.4) is 0 Å². The molecule has 0 radical (unpaired) electrons. The van der Waals surface area contributed by atoms with Crippen molar-refractivity contribution in [2.45, 2.75) is 13.5 Å².